The van der Waals surface area contributed by atoms with Gasteiger partial charge in [0.1, 0.15) is 6.61 Å². The lowest BCUT2D eigenvalue weighted by atomic mass is 9.93. The van der Waals surface area contributed by atoms with Gasteiger partial charge in [0.25, 0.3) is 0 Å². The van der Waals surface area contributed by atoms with Gasteiger partial charge in [-0.15, -0.1) is 0 Å². The molecule has 28 heavy (non-hydrogen) atoms. The molecular formula is C22H44O6. The molecule has 6 nitrogen and oxygen atoms in total. The third-order valence-electron chi connectivity index (χ3n) is 4.77. The van der Waals surface area contributed by atoms with Crippen LogP contribution < -0.4 is 0 Å². The molecule has 0 aromatic heterocycles. The summed E-state index contributed by atoms with van der Waals surface area (Å²) < 4.78 is 21.9. The van der Waals surface area contributed by atoms with Gasteiger partial charge < -0.3 is 24.1 Å². The first-order valence-electron chi connectivity index (χ1n) is 11.2. The van der Waals surface area contributed by atoms with E-state index >= 15 is 0 Å². The lowest BCUT2D eigenvalue weighted by molar-refractivity contribution is -0.142. The molecule has 0 aliphatic heterocycles. The molecule has 0 bridgehead atoms. The second kappa shape index (κ2) is 21.0. The maximum Gasteiger partial charge on any atom is 0.329 e. The number of carboxylic acid groups (broad SMARTS) is 1. The number of hydrogen-bond donors (Lipinski definition) is 1. The second-order valence-corrected chi connectivity index (χ2v) is 7.40. The average molecular weight is 405 g/mol. The van der Waals surface area contributed by atoms with E-state index in [1.54, 1.807) is 0 Å². The Labute approximate surface area is 172 Å². The largest absolute Gasteiger partial charge is 0.480 e. The minimum atomic E-state index is -0.966. The number of rotatable bonds is 22. The SMILES string of the molecule is CCCCCCC(OCCOCCOCCOCC(=O)O)C(C)CCCCC. The first-order chi connectivity index (χ1) is 13.6. The monoisotopic (exact) mass is 404 g/mol. The van der Waals surface area contributed by atoms with Gasteiger partial charge in [0.15, 0.2) is 0 Å². The summed E-state index contributed by atoms with van der Waals surface area (Å²) in [5.74, 6) is -0.367. The van der Waals surface area contributed by atoms with E-state index in [9.17, 15) is 4.79 Å². The highest BCUT2D eigenvalue weighted by atomic mass is 16.6. The molecule has 2 atom stereocenters. The van der Waals surface area contributed by atoms with Crippen molar-refractivity contribution in [3.8, 4) is 0 Å². The minimum absolute atomic E-state index is 0.283. The van der Waals surface area contributed by atoms with E-state index in [-0.39, 0.29) is 13.2 Å². The van der Waals surface area contributed by atoms with E-state index < -0.39 is 5.97 Å². The van der Waals surface area contributed by atoms with Crippen molar-refractivity contribution >= 4 is 5.97 Å². The Morgan fingerprint density at radius 3 is 1.89 bits per heavy atom. The predicted molar refractivity (Wildman–Crippen MR) is 112 cm³/mol. The first-order valence-corrected chi connectivity index (χ1v) is 11.2. The van der Waals surface area contributed by atoms with Crippen LogP contribution in [0.5, 0.6) is 0 Å². The fraction of sp³-hybridized carbons (Fsp3) is 0.955. The van der Waals surface area contributed by atoms with Crippen LogP contribution in [0.25, 0.3) is 0 Å². The number of ether oxygens (including phenoxy) is 4. The topological polar surface area (TPSA) is 74.2 Å². The normalized spacial score (nSPS) is 13.5. The van der Waals surface area contributed by atoms with Crippen LogP contribution >= 0.6 is 0 Å². The summed E-state index contributed by atoms with van der Waals surface area (Å²) in [5.41, 5.74) is 0. The number of carboxylic acids is 1. The van der Waals surface area contributed by atoms with Gasteiger partial charge in [-0.05, 0) is 18.8 Å². The van der Waals surface area contributed by atoms with Crippen LogP contribution in [0.15, 0.2) is 0 Å². The van der Waals surface area contributed by atoms with Crippen molar-refractivity contribution in [3.63, 3.8) is 0 Å². The zero-order chi connectivity index (χ0) is 20.9. The van der Waals surface area contributed by atoms with Crippen molar-refractivity contribution in [1.29, 1.82) is 0 Å². The van der Waals surface area contributed by atoms with Crippen LogP contribution in [0.3, 0.4) is 0 Å². The Bertz CT molecular complexity index is 337. The maximum absolute atomic E-state index is 10.3. The van der Waals surface area contributed by atoms with Gasteiger partial charge in [0.05, 0.1) is 45.7 Å². The smallest absolute Gasteiger partial charge is 0.329 e. The van der Waals surface area contributed by atoms with E-state index in [1.807, 2.05) is 0 Å². The van der Waals surface area contributed by atoms with E-state index in [0.29, 0.717) is 45.1 Å². The summed E-state index contributed by atoms with van der Waals surface area (Å²) in [5, 5.41) is 8.44. The van der Waals surface area contributed by atoms with Crippen molar-refractivity contribution in [2.24, 2.45) is 5.92 Å². The summed E-state index contributed by atoms with van der Waals surface area (Å²) in [4.78, 5) is 10.3. The van der Waals surface area contributed by atoms with Crippen LogP contribution in [0.4, 0.5) is 0 Å². The molecule has 0 saturated carbocycles. The lowest BCUT2D eigenvalue weighted by Crippen LogP contribution is -2.24. The fourth-order valence-electron chi connectivity index (χ4n) is 3.06. The van der Waals surface area contributed by atoms with Crippen LogP contribution in [0.1, 0.15) is 78.6 Å². The highest BCUT2D eigenvalue weighted by Gasteiger charge is 2.17. The Kier molecular flexibility index (Phi) is 20.5. The van der Waals surface area contributed by atoms with Gasteiger partial charge in [-0.25, -0.2) is 4.79 Å². The number of aliphatic carboxylic acids is 1. The second-order valence-electron chi connectivity index (χ2n) is 7.40. The summed E-state index contributed by atoms with van der Waals surface area (Å²) in [6, 6.07) is 0. The molecule has 0 heterocycles. The van der Waals surface area contributed by atoms with E-state index in [4.69, 9.17) is 24.1 Å². The van der Waals surface area contributed by atoms with E-state index in [2.05, 4.69) is 20.8 Å². The highest BCUT2D eigenvalue weighted by Crippen LogP contribution is 2.21. The standard InChI is InChI=1S/C22H44O6/c1-4-6-8-10-12-21(20(3)11-9-7-5-2)28-18-17-26-14-13-25-15-16-27-19-22(23)24/h20-21H,4-19H2,1-3H3,(H,23,24). The third kappa shape index (κ3) is 18.7. The van der Waals surface area contributed by atoms with Crippen LogP contribution in [-0.4, -0.2) is 63.4 Å². The Hall–Kier alpha value is -0.690. The molecule has 0 aliphatic rings. The minimum Gasteiger partial charge on any atom is -0.480 e. The van der Waals surface area contributed by atoms with Crippen molar-refractivity contribution in [2.45, 2.75) is 84.7 Å². The molecule has 2 unspecified atom stereocenters. The summed E-state index contributed by atoms with van der Waals surface area (Å²) in [7, 11) is 0. The third-order valence-corrected chi connectivity index (χ3v) is 4.77. The molecule has 0 radical (unpaired) electrons. The Morgan fingerprint density at radius 2 is 1.29 bits per heavy atom. The Morgan fingerprint density at radius 1 is 0.750 bits per heavy atom. The molecule has 0 fully saturated rings. The van der Waals surface area contributed by atoms with Gasteiger partial charge in [-0.1, -0.05) is 65.7 Å². The molecule has 1 N–H and O–H groups in total. The quantitative estimate of drug-likeness (QED) is 0.264. The van der Waals surface area contributed by atoms with Crippen molar-refractivity contribution in [1.82, 2.24) is 0 Å². The van der Waals surface area contributed by atoms with E-state index in [0.717, 1.165) is 6.42 Å². The molecule has 0 saturated heterocycles. The van der Waals surface area contributed by atoms with Gasteiger partial charge in [-0.2, -0.15) is 0 Å². The molecule has 0 amide bonds. The molecule has 0 aromatic rings. The number of unbranched alkanes of at least 4 members (excludes halogenated alkanes) is 5. The maximum atomic E-state index is 10.3. The molecule has 0 aliphatic carbocycles. The average Bonchev–Trinajstić information content (AvgIpc) is 2.67. The molecular weight excluding hydrogens is 360 g/mol. The number of hydrogen-bond acceptors (Lipinski definition) is 5. The van der Waals surface area contributed by atoms with Crippen LogP contribution in [0, 0.1) is 5.92 Å². The van der Waals surface area contributed by atoms with Crippen molar-refractivity contribution in [3.05, 3.63) is 0 Å². The Balaban J connectivity index is 3.76. The summed E-state index contributed by atoms with van der Waals surface area (Å²) in [6.07, 6.45) is 11.7. The van der Waals surface area contributed by atoms with Crippen LogP contribution in [0.2, 0.25) is 0 Å². The van der Waals surface area contributed by atoms with Crippen molar-refractivity contribution < 1.29 is 28.8 Å². The number of carbonyl (C=O) groups is 1. The zero-order valence-corrected chi connectivity index (χ0v) is 18.5. The van der Waals surface area contributed by atoms with Gasteiger partial charge in [0, 0.05) is 0 Å². The zero-order valence-electron chi connectivity index (χ0n) is 18.5. The molecule has 6 heteroatoms. The van der Waals surface area contributed by atoms with Gasteiger partial charge >= 0.3 is 5.97 Å². The highest BCUT2D eigenvalue weighted by molar-refractivity contribution is 5.67. The summed E-state index contributed by atoms with van der Waals surface area (Å²) in [6.45, 7) is 9.37. The molecule has 168 valence electrons. The lowest BCUT2D eigenvalue weighted by Gasteiger charge is -2.24. The predicted octanol–water partition coefficient (Wildman–Crippen LogP) is 4.69. The van der Waals surface area contributed by atoms with Gasteiger partial charge in [-0.3, -0.25) is 0 Å². The van der Waals surface area contributed by atoms with E-state index in [1.165, 1.54) is 51.4 Å². The van der Waals surface area contributed by atoms with Crippen molar-refractivity contribution in [2.75, 3.05) is 46.2 Å². The fourth-order valence-corrected chi connectivity index (χ4v) is 3.06. The molecule has 0 aromatic carbocycles. The molecule has 0 rings (SSSR count). The first kappa shape index (κ1) is 27.3. The molecule has 0 spiro atoms. The summed E-state index contributed by atoms with van der Waals surface area (Å²) >= 11 is 0. The van der Waals surface area contributed by atoms with Crippen LogP contribution in [-0.2, 0) is 23.7 Å². The van der Waals surface area contributed by atoms with Gasteiger partial charge in [0.2, 0.25) is 0 Å².